The molecule has 0 aromatic heterocycles. The van der Waals surface area contributed by atoms with E-state index in [0.29, 0.717) is 18.9 Å². The summed E-state index contributed by atoms with van der Waals surface area (Å²) in [5.41, 5.74) is 0.673. The van der Waals surface area contributed by atoms with E-state index in [-0.39, 0.29) is 23.3 Å². The number of piperazine rings is 1. The van der Waals surface area contributed by atoms with E-state index in [2.05, 4.69) is 75.2 Å². The van der Waals surface area contributed by atoms with Gasteiger partial charge in [0.1, 0.15) is 11.6 Å². The Morgan fingerprint density at radius 2 is 1.72 bits per heavy atom. The maximum atomic E-state index is 13.5. The van der Waals surface area contributed by atoms with Crippen LogP contribution in [-0.2, 0) is 16.0 Å². The molecule has 1 spiro atoms. The molecule has 0 aliphatic carbocycles. The van der Waals surface area contributed by atoms with Crippen LogP contribution >= 0.6 is 0 Å². The van der Waals surface area contributed by atoms with Gasteiger partial charge >= 0.3 is 0 Å². The molecular formula is C27H43N3O2. The Kier molecular flexibility index (Phi) is 8.02. The molecule has 5 heteroatoms. The van der Waals surface area contributed by atoms with Crippen molar-refractivity contribution in [1.82, 2.24) is 15.1 Å². The van der Waals surface area contributed by atoms with E-state index in [4.69, 9.17) is 0 Å². The van der Waals surface area contributed by atoms with Gasteiger partial charge in [-0.15, -0.1) is 0 Å². The van der Waals surface area contributed by atoms with E-state index < -0.39 is 5.54 Å². The van der Waals surface area contributed by atoms with Crippen molar-refractivity contribution in [2.24, 2.45) is 11.3 Å². The Hall–Kier alpha value is -1.88. The van der Waals surface area contributed by atoms with E-state index in [1.54, 1.807) is 0 Å². The first-order chi connectivity index (χ1) is 15.1. The third-order valence-electron chi connectivity index (χ3n) is 6.86. The van der Waals surface area contributed by atoms with Crippen LogP contribution in [0.3, 0.4) is 0 Å². The van der Waals surface area contributed by atoms with Crippen LogP contribution < -0.4 is 5.32 Å². The lowest BCUT2D eigenvalue weighted by Crippen LogP contribution is -2.73. The molecule has 1 N–H and O–H groups in total. The molecule has 2 saturated heterocycles. The van der Waals surface area contributed by atoms with Crippen LogP contribution in [-0.4, -0.2) is 59.4 Å². The first kappa shape index (κ1) is 24.8. The number of likely N-dealkylation sites (tertiary alicyclic amines) is 1. The van der Waals surface area contributed by atoms with Gasteiger partial charge in [0.2, 0.25) is 11.8 Å². The molecule has 32 heavy (non-hydrogen) atoms. The van der Waals surface area contributed by atoms with Crippen molar-refractivity contribution < 1.29 is 9.59 Å². The molecule has 2 fully saturated rings. The molecule has 5 nitrogen and oxygen atoms in total. The molecule has 178 valence electrons. The van der Waals surface area contributed by atoms with Crippen LogP contribution in [0.5, 0.6) is 0 Å². The van der Waals surface area contributed by atoms with Crippen molar-refractivity contribution in [3.05, 3.63) is 35.9 Å². The molecule has 0 bridgehead atoms. The molecular weight excluding hydrogens is 398 g/mol. The molecule has 0 saturated carbocycles. The molecule has 2 heterocycles. The number of carbonyl (C=O) groups is 2. The average molecular weight is 442 g/mol. The number of rotatable bonds is 8. The van der Waals surface area contributed by atoms with Gasteiger partial charge in [0.25, 0.3) is 0 Å². The predicted octanol–water partition coefficient (Wildman–Crippen LogP) is 4.26. The van der Waals surface area contributed by atoms with Gasteiger partial charge in [-0.25, -0.2) is 0 Å². The summed E-state index contributed by atoms with van der Waals surface area (Å²) in [4.78, 5) is 31.3. The van der Waals surface area contributed by atoms with Crippen LogP contribution in [0.15, 0.2) is 30.3 Å². The minimum atomic E-state index is -0.682. The third-order valence-corrected chi connectivity index (χ3v) is 6.86. The monoisotopic (exact) mass is 441 g/mol. The van der Waals surface area contributed by atoms with Crippen molar-refractivity contribution >= 4 is 11.8 Å². The summed E-state index contributed by atoms with van der Waals surface area (Å²) >= 11 is 0. The third kappa shape index (κ3) is 6.12. The van der Waals surface area contributed by atoms with Gasteiger partial charge in [-0.05, 0) is 62.0 Å². The highest BCUT2D eigenvalue weighted by atomic mass is 16.2. The molecule has 1 aromatic carbocycles. The van der Waals surface area contributed by atoms with Crippen LogP contribution in [0.4, 0.5) is 0 Å². The zero-order chi connectivity index (χ0) is 23.4. The Balaban J connectivity index is 1.60. The fourth-order valence-electron chi connectivity index (χ4n) is 5.16. The number of nitrogens with zero attached hydrogens (tertiary/aromatic N) is 2. The van der Waals surface area contributed by atoms with Crippen LogP contribution in [0.1, 0.15) is 72.3 Å². The highest BCUT2D eigenvalue weighted by molar-refractivity contribution is 6.00. The van der Waals surface area contributed by atoms with Crippen molar-refractivity contribution in [2.45, 2.75) is 84.7 Å². The molecule has 1 atom stereocenters. The lowest BCUT2D eigenvalue weighted by atomic mass is 9.79. The van der Waals surface area contributed by atoms with Crippen LogP contribution in [0.2, 0.25) is 0 Å². The molecule has 0 unspecified atom stereocenters. The second-order valence-electron chi connectivity index (χ2n) is 11.5. The predicted molar refractivity (Wildman–Crippen MR) is 130 cm³/mol. The van der Waals surface area contributed by atoms with Crippen molar-refractivity contribution in [1.29, 1.82) is 0 Å². The Labute approximate surface area is 194 Å². The first-order valence-electron chi connectivity index (χ1n) is 12.5. The summed E-state index contributed by atoms with van der Waals surface area (Å²) in [6.45, 7) is 14.1. The number of hydrogen-bond acceptors (Lipinski definition) is 3. The standard InChI is InChI=1S/C27H43N3O2/c1-21(2)19-23-24(31)30(20-26(3,4)5)27(25(32)28-23)14-17-29(18-15-27)16-10-9-13-22-11-7-6-8-12-22/h6-8,11-12,21,23H,9-10,13-20H2,1-5H3,(H,28,32)/t23-/m0/s1. The quantitative estimate of drug-likeness (QED) is 0.613. The number of unbranched alkanes of at least 4 members (excludes halogenated alkanes) is 1. The highest BCUT2D eigenvalue weighted by Crippen LogP contribution is 2.36. The smallest absolute Gasteiger partial charge is 0.246 e. The summed E-state index contributed by atoms with van der Waals surface area (Å²) in [7, 11) is 0. The van der Waals surface area contributed by atoms with Crippen LogP contribution in [0.25, 0.3) is 0 Å². The summed E-state index contributed by atoms with van der Waals surface area (Å²) in [6, 6.07) is 10.3. The number of piperidine rings is 1. The van der Waals surface area contributed by atoms with Gasteiger partial charge in [-0.3, -0.25) is 9.59 Å². The maximum absolute atomic E-state index is 13.5. The molecule has 2 aliphatic heterocycles. The van der Waals surface area contributed by atoms with Crippen molar-refractivity contribution in [3.8, 4) is 0 Å². The second-order valence-corrected chi connectivity index (χ2v) is 11.5. The van der Waals surface area contributed by atoms with E-state index in [1.807, 2.05) is 4.90 Å². The maximum Gasteiger partial charge on any atom is 0.246 e. The van der Waals surface area contributed by atoms with Gasteiger partial charge in [0.05, 0.1) is 0 Å². The minimum Gasteiger partial charge on any atom is -0.342 e. The van der Waals surface area contributed by atoms with Gasteiger partial charge in [-0.1, -0.05) is 65.0 Å². The molecule has 3 rings (SSSR count). The van der Waals surface area contributed by atoms with Gasteiger partial charge in [0.15, 0.2) is 0 Å². The number of hydrogen-bond donors (Lipinski definition) is 1. The summed E-state index contributed by atoms with van der Waals surface area (Å²) in [5.74, 6) is 0.549. The van der Waals surface area contributed by atoms with E-state index >= 15 is 0 Å². The topological polar surface area (TPSA) is 52.7 Å². The summed E-state index contributed by atoms with van der Waals surface area (Å²) in [6.07, 6.45) is 5.62. The Morgan fingerprint density at radius 1 is 1.06 bits per heavy atom. The van der Waals surface area contributed by atoms with Gasteiger partial charge in [0, 0.05) is 19.6 Å². The van der Waals surface area contributed by atoms with E-state index in [1.165, 1.54) is 12.0 Å². The summed E-state index contributed by atoms with van der Waals surface area (Å²) in [5, 5.41) is 3.11. The number of amides is 2. The highest BCUT2D eigenvalue weighted by Gasteiger charge is 2.54. The number of nitrogens with one attached hydrogen (secondary N) is 1. The molecule has 2 amide bonds. The zero-order valence-electron chi connectivity index (χ0n) is 20.8. The lowest BCUT2D eigenvalue weighted by molar-refractivity contribution is -0.163. The fraction of sp³-hybridized carbons (Fsp3) is 0.704. The summed E-state index contributed by atoms with van der Waals surface area (Å²) < 4.78 is 0. The fourth-order valence-corrected chi connectivity index (χ4v) is 5.16. The normalized spacial score (nSPS) is 21.9. The molecule has 1 aromatic rings. The largest absolute Gasteiger partial charge is 0.342 e. The minimum absolute atomic E-state index is 0.0444. The average Bonchev–Trinajstić information content (AvgIpc) is 2.73. The van der Waals surface area contributed by atoms with Gasteiger partial charge in [-0.2, -0.15) is 0 Å². The zero-order valence-corrected chi connectivity index (χ0v) is 20.8. The number of aryl methyl sites for hydroxylation is 1. The van der Waals surface area contributed by atoms with Gasteiger partial charge < -0.3 is 15.1 Å². The van der Waals surface area contributed by atoms with E-state index in [0.717, 1.165) is 45.3 Å². The van der Waals surface area contributed by atoms with Crippen LogP contribution in [0, 0.1) is 11.3 Å². The second kappa shape index (κ2) is 10.4. The first-order valence-corrected chi connectivity index (χ1v) is 12.5. The molecule has 2 aliphatic rings. The van der Waals surface area contributed by atoms with Crippen molar-refractivity contribution in [2.75, 3.05) is 26.2 Å². The number of carbonyl (C=O) groups excluding carboxylic acids is 2. The SMILES string of the molecule is CC(C)C[C@@H]1NC(=O)C2(CCN(CCCCc3ccccc3)CC2)N(CC(C)(C)C)C1=O. The lowest BCUT2D eigenvalue weighted by Gasteiger charge is -2.53. The Bertz CT molecular complexity index is 761. The molecule has 0 radical (unpaired) electrons. The van der Waals surface area contributed by atoms with E-state index in [9.17, 15) is 9.59 Å². The Morgan fingerprint density at radius 3 is 2.31 bits per heavy atom. The number of benzene rings is 1. The van der Waals surface area contributed by atoms with Crippen molar-refractivity contribution in [3.63, 3.8) is 0 Å².